The largest absolute Gasteiger partial charge is 0.370 e. The van der Waals surface area contributed by atoms with Crippen LogP contribution in [0.1, 0.15) is 18.8 Å². The number of nitro groups is 1. The summed E-state index contributed by atoms with van der Waals surface area (Å²) >= 11 is 0. The van der Waals surface area contributed by atoms with Crippen LogP contribution in [-0.2, 0) is 9.84 Å². The Morgan fingerprint density at radius 2 is 1.96 bits per heavy atom. The SMILES string of the molecule is CC(Nc1ccc(S(C)(=O)=O)cc1[N+](=O)[O-])c1nc2ccccc2[nH]1. The van der Waals surface area contributed by atoms with Gasteiger partial charge in [0, 0.05) is 12.3 Å². The van der Waals surface area contributed by atoms with Crippen LogP contribution >= 0.6 is 0 Å². The molecule has 2 N–H and O–H groups in total. The second-order valence-electron chi connectivity index (χ2n) is 5.71. The monoisotopic (exact) mass is 360 g/mol. The predicted octanol–water partition coefficient (Wildman–Crippen LogP) is 3.05. The Morgan fingerprint density at radius 1 is 1.24 bits per heavy atom. The Morgan fingerprint density at radius 3 is 2.60 bits per heavy atom. The molecule has 9 heteroatoms. The van der Waals surface area contributed by atoms with Crippen molar-refractivity contribution in [3.63, 3.8) is 0 Å². The lowest BCUT2D eigenvalue weighted by Gasteiger charge is -2.13. The van der Waals surface area contributed by atoms with Crippen LogP contribution in [0, 0.1) is 10.1 Å². The van der Waals surface area contributed by atoms with Gasteiger partial charge in [-0.3, -0.25) is 10.1 Å². The number of hydrogen-bond acceptors (Lipinski definition) is 6. The van der Waals surface area contributed by atoms with Crippen LogP contribution in [0.2, 0.25) is 0 Å². The molecule has 3 aromatic rings. The number of anilines is 1. The summed E-state index contributed by atoms with van der Waals surface area (Å²) in [7, 11) is -3.52. The third-order valence-corrected chi connectivity index (χ3v) is 4.89. The molecular weight excluding hydrogens is 344 g/mol. The highest BCUT2D eigenvalue weighted by atomic mass is 32.2. The van der Waals surface area contributed by atoms with Crippen LogP contribution < -0.4 is 5.32 Å². The summed E-state index contributed by atoms with van der Waals surface area (Å²) < 4.78 is 23.2. The number of nitrogens with zero attached hydrogens (tertiary/aromatic N) is 2. The zero-order valence-electron chi connectivity index (χ0n) is 13.6. The lowest BCUT2D eigenvalue weighted by Crippen LogP contribution is -2.10. The number of benzene rings is 2. The van der Waals surface area contributed by atoms with Crippen molar-refractivity contribution >= 4 is 32.2 Å². The second kappa shape index (κ2) is 6.17. The predicted molar refractivity (Wildman–Crippen MR) is 94.3 cm³/mol. The molecule has 0 radical (unpaired) electrons. The lowest BCUT2D eigenvalue weighted by atomic mass is 10.2. The smallest absolute Gasteiger partial charge is 0.293 e. The first-order valence-electron chi connectivity index (χ1n) is 7.45. The Kier molecular flexibility index (Phi) is 4.17. The molecule has 0 spiro atoms. The molecule has 0 aliphatic carbocycles. The number of para-hydroxylation sites is 2. The van der Waals surface area contributed by atoms with Gasteiger partial charge in [-0.1, -0.05) is 12.1 Å². The van der Waals surface area contributed by atoms with Crippen molar-refractivity contribution in [2.24, 2.45) is 0 Å². The summed E-state index contributed by atoms with van der Waals surface area (Å²) in [6.45, 7) is 1.81. The zero-order chi connectivity index (χ0) is 18.2. The maximum Gasteiger partial charge on any atom is 0.293 e. The fourth-order valence-corrected chi connectivity index (χ4v) is 3.14. The van der Waals surface area contributed by atoms with Crippen LogP contribution in [0.4, 0.5) is 11.4 Å². The van der Waals surface area contributed by atoms with E-state index in [9.17, 15) is 18.5 Å². The minimum Gasteiger partial charge on any atom is -0.370 e. The van der Waals surface area contributed by atoms with E-state index in [2.05, 4.69) is 15.3 Å². The van der Waals surface area contributed by atoms with Gasteiger partial charge in [-0.05, 0) is 31.2 Å². The van der Waals surface area contributed by atoms with Crippen LogP contribution in [0.3, 0.4) is 0 Å². The molecule has 0 aliphatic heterocycles. The molecule has 0 fully saturated rings. The highest BCUT2D eigenvalue weighted by molar-refractivity contribution is 7.90. The number of imidazole rings is 1. The van der Waals surface area contributed by atoms with Crippen LogP contribution in [0.5, 0.6) is 0 Å². The first kappa shape index (κ1) is 16.9. The van der Waals surface area contributed by atoms with Gasteiger partial charge in [-0.25, -0.2) is 13.4 Å². The van der Waals surface area contributed by atoms with E-state index in [-0.39, 0.29) is 22.3 Å². The van der Waals surface area contributed by atoms with E-state index in [1.165, 1.54) is 12.1 Å². The Balaban J connectivity index is 1.94. The number of aromatic nitrogens is 2. The van der Waals surface area contributed by atoms with Gasteiger partial charge < -0.3 is 10.3 Å². The fourth-order valence-electron chi connectivity index (χ4n) is 2.49. The fraction of sp³-hybridized carbons (Fsp3) is 0.188. The minimum absolute atomic E-state index is 0.0962. The summed E-state index contributed by atoms with van der Waals surface area (Å²) in [5.41, 5.74) is 1.59. The number of aromatic amines is 1. The molecule has 8 nitrogen and oxygen atoms in total. The molecule has 3 rings (SSSR count). The maximum atomic E-state index is 11.6. The van der Waals surface area contributed by atoms with Crippen molar-refractivity contribution in [3.8, 4) is 0 Å². The molecule has 0 bridgehead atoms. The summed E-state index contributed by atoms with van der Waals surface area (Å²) in [6.07, 6.45) is 1.01. The van der Waals surface area contributed by atoms with E-state index in [1.807, 2.05) is 31.2 Å². The van der Waals surface area contributed by atoms with E-state index in [1.54, 1.807) is 0 Å². The average molecular weight is 360 g/mol. The number of H-pyrrole nitrogens is 1. The molecule has 0 saturated carbocycles. The van der Waals surface area contributed by atoms with Gasteiger partial charge in [0.05, 0.1) is 26.9 Å². The van der Waals surface area contributed by atoms with Crippen molar-refractivity contribution in [2.45, 2.75) is 17.9 Å². The van der Waals surface area contributed by atoms with E-state index >= 15 is 0 Å². The number of fused-ring (bicyclic) bond motifs is 1. The molecule has 25 heavy (non-hydrogen) atoms. The Labute approximate surface area is 144 Å². The summed E-state index contributed by atoms with van der Waals surface area (Å²) in [5, 5.41) is 14.3. The van der Waals surface area contributed by atoms with E-state index < -0.39 is 14.8 Å². The summed E-state index contributed by atoms with van der Waals surface area (Å²) in [6, 6.07) is 11.0. The Hall–Kier alpha value is -2.94. The zero-order valence-corrected chi connectivity index (χ0v) is 14.4. The molecule has 1 heterocycles. The average Bonchev–Trinajstić information content (AvgIpc) is 2.98. The van der Waals surface area contributed by atoms with Gasteiger partial charge in [0.15, 0.2) is 9.84 Å². The minimum atomic E-state index is -3.52. The molecule has 1 unspecified atom stereocenters. The topological polar surface area (TPSA) is 118 Å². The molecule has 1 atom stereocenters. The van der Waals surface area contributed by atoms with Crippen LogP contribution in [-0.4, -0.2) is 29.6 Å². The van der Waals surface area contributed by atoms with Gasteiger partial charge >= 0.3 is 0 Å². The normalized spacial score (nSPS) is 12.9. The maximum absolute atomic E-state index is 11.6. The van der Waals surface area contributed by atoms with Crippen molar-refractivity contribution in [1.82, 2.24) is 9.97 Å². The summed E-state index contributed by atoms with van der Waals surface area (Å²) in [5.74, 6) is 0.627. The second-order valence-corrected chi connectivity index (χ2v) is 7.73. The first-order valence-corrected chi connectivity index (χ1v) is 9.34. The van der Waals surface area contributed by atoms with E-state index in [0.717, 1.165) is 23.4 Å². The highest BCUT2D eigenvalue weighted by Gasteiger charge is 2.21. The molecule has 2 aromatic carbocycles. The van der Waals surface area contributed by atoms with Gasteiger partial charge in [-0.2, -0.15) is 0 Å². The van der Waals surface area contributed by atoms with Crippen LogP contribution in [0.25, 0.3) is 11.0 Å². The standard InChI is InChI=1S/C16H16N4O4S/c1-10(16-18-12-5-3-4-6-13(12)19-16)17-14-8-7-11(25(2,23)24)9-15(14)20(21)22/h3-10,17H,1-2H3,(H,18,19). The van der Waals surface area contributed by atoms with E-state index in [4.69, 9.17) is 0 Å². The van der Waals surface area contributed by atoms with Crippen molar-refractivity contribution in [3.05, 3.63) is 58.4 Å². The third kappa shape index (κ3) is 3.45. The molecule has 130 valence electrons. The van der Waals surface area contributed by atoms with Crippen LogP contribution in [0.15, 0.2) is 47.4 Å². The number of sulfone groups is 1. The number of nitro benzene ring substituents is 1. The van der Waals surface area contributed by atoms with E-state index in [0.29, 0.717) is 5.82 Å². The highest BCUT2D eigenvalue weighted by Crippen LogP contribution is 2.30. The lowest BCUT2D eigenvalue weighted by molar-refractivity contribution is -0.384. The number of hydrogen-bond donors (Lipinski definition) is 2. The van der Waals surface area contributed by atoms with Crippen molar-refractivity contribution in [2.75, 3.05) is 11.6 Å². The molecule has 0 saturated heterocycles. The van der Waals surface area contributed by atoms with Gasteiger partial charge in [0.1, 0.15) is 11.5 Å². The Bertz CT molecular complexity index is 1030. The quantitative estimate of drug-likeness (QED) is 0.533. The first-order chi connectivity index (χ1) is 11.8. The molecular formula is C16H16N4O4S. The molecule has 1 aromatic heterocycles. The third-order valence-electron chi connectivity index (χ3n) is 3.78. The van der Waals surface area contributed by atoms with Crippen molar-refractivity contribution < 1.29 is 13.3 Å². The van der Waals surface area contributed by atoms with Crippen molar-refractivity contribution in [1.29, 1.82) is 0 Å². The molecule has 0 amide bonds. The number of nitrogens with one attached hydrogen (secondary N) is 2. The molecule has 0 aliphatic rings. The number of rotatable bonds is 5. The van der Waals surface area contributed by atoms with Gasteiger partial charge in [0.25, 0.3) is 5.69 Å². The van der Waals surface area contributed by atoms with Gasteiger partial charge in [-0.15, -0.1) is 0 Å². The van der Waals surface area contributed by atoms with Gasteiger partial charge in [0.2, 0.25) is 0 Å². The summed E-state index contributed by atoms with van der Waals surface area (Å²) in [4.78, 5) is 18.2.